The maximum Gasteiger partial charge on any atom is 0.0615 e. The molecular formula is C12H16IrN3-. The summed E-state index contributed by atoms with van der Waals surface area (Å²) >= 11 is 0. The summed E-state index contributed by atoms with van der Waals surface area (Å²) in [4.78, 5) is 8.90. The smallest absolute Gasteiger partial charge is 0.0615 e. The predicted molar refractivity (Wildman–Crippen MR) is 62.3 cm³/mol. The van der Waals surface area contributed by atoms with Crippen LogP contribution in [0.3, 0.4) is 0 Å². The average Bonchev–Trinajstić information content (AvgIpc) is 2.38. The minimum Gasteiger partial charge on any atom is -0.457 e. The molecule has 0 saturated carbocycles. The van der Waals surface area contributed by atoms with Crippen molar-refractivity contribution in [1.29, 1.82) is 0 Å². The van der Waals surface area contributed by atoms with E-state index in [1.165, 1.54) is 0 Å². The fourth-order valence-corrected chi connectivity index (χ4v) is 1.44. The second-order valence-electron chi connectivity index (χ2n) is 4.88. The Labute approximate surface area is 110 Å². The van der Waals surface area contributed by atoms with Crippen molar-refractivity contribution >= 4 is 5.84 Å². The van der Waals surface area contributed by atoms with Crippen LogP contribution in [0.2, 0.25) is 0 Å². The van der Waals surface area contributed by atoms with Crippen molar-refractivity contribution in [3.63, 3.8) is 0 Å². The van der Waals surface area contributed by atoms with Gasteiger partial charge < -0.3 is 10.3 Å². The molecule has 4 heteroatoms. The molecule has 2 rings (SSSR count). The van der Waals surface area contributed by atoms with Gasteiger partial charge in [0.1, 0.15) is 0 Å². The molecule has 89 valence electrons. The zero-order chi connectivity index (χ0) is 11.1. The first-order valence-electron chi connectivity index (χ1n) is 5.16. The van der Waals surface area contributed by atoms with Gasteiger partial charge in [-0.2, -0.15) is 0 Å². The SMILES string of the molecule is CC1(C)N=C(c2ccccn2)[N-]C1(C)C.[Ir]. The van der Waals surface area contributed by atoms with Crippen molar-refractivity contribution in [2.75, 3.05) is 0 Å². The summed E-state index contributed by atoms with van der Waals surface area (Å²) in [5.41, 5.74) is 0.552. The Hall–Kier alpha value is -0.731. The Kier molecular flexibility index (Phi) is 3.56. The molecule has 0 saturated heterocycles. The van der Waals surface area contributed by atoms with Crippen molar-refractivity contribution in [2.45, 2.75) is 38.8 Å². The summed E-state index contributed by atoms with van der Waals surface area (Å²) in [6, 6.07) is 5.80. The molecule has 1 aliphatic rings. The van der Waals surface area contributed by atoms with E-state index >= 15 is 0 Å². The second kappa shape index (κ2) is 4.27. The number of rotatable bonds is 1. The van der Waals surface area contributed by atoms with Gasteiger partial charge in [-0.1, -0.05) is 33.8 Å². The summed E-state index contributed by atoms with van der Waals surface area (Å²) in [6.07, 6.45) is 1.77. The first-order valence-corrected chi connectivity index (χ1v) is 5.16. The standard InChI is InChI=1S/C12H16N3.Ir/c1-11(2)12(3,4)15-10(14-11)9-7-5-6-8-13-9;/h5-8H,1-4H3;/q-1;. The Balaban J connectivity index is 0.00000128. The maximum atomic E-state index is 4.63. The molecule has 0 aromatic carbocycles. The molecule has 0 unspecified atom stereocenters. The van der Waals surface area contributed by atoms with E-state index in [4.69, 9.17) is 0 Å². The Bertz CT molecular complexity index is 396. The van der Waals surface area contributed by atoms with Gasteiger partial charge in [0.15, 0.2) is 0 Å². The summed E-state index contributed by atoms with van der Waals surface area (Å²) in [5, 5.41) is 4.63. The Morgan fingerprint density at radius 3 is 2.25 bits per heavy atom. The van der Waals surface area contributed by atoms with E-state index in [0.29, 0.717) is 0 Å². The number of hydrogen-bond acceptors (Lipinski definition) is 2. The van der Waals surface area contributed by atoms with Crippen LogP contribution in [0.4, 0.5) is 0 Å². The number of aliphatic imine (C=N–C) groups is 1. The monoisotopic (exact) mass is 395 g/mol. The van der Waals surface area contributed by atoms with Gasteiger partial charge in [0.25, 0.3) is 0 Å². The van der Waals surface area contributed by atoms with E-state index in [2.05, 4.69) is 43.0 Å². The summed E-state index contributed by atoms with van der Waals surface area (Å²) in [6.45, 7) is 8.41. The van der Waals surface area contributed by atoms with Crippen LogP contribution < -0.4 is 0 Å². The van der Waals surface area contributed by atoms with E-state index in [0.717, 1.165) is 11.5 Å². The van der Waals surface area contributed by atoms with Crippen LogP contribution in [0.25, 0.3) is 5.32 Å². The molecule has 16 heavy (non-hydrogen) atoms. The second-order valence-corrected chi connectivity index (χ2v) is 4.88. The quantitative estimate of drug-likeness (QED) is 0.722. The summed E-state index contributed by atoms with van der Waals surface area (Å²) in [7, 11) is 0. The molecule has 1 radical (unpaired) electrons. The van der Waals surface area contributed by atoms with Crippen molar-refractivity contribution in [3.8, 4) is 0 Å². The van der Waals surface area contributed by atoms with E-state index in [9.17, 15) is 0 Å². The van der Waals surface area contributed by atoms with Crippen molar-refractivity contribution < 1.29 is 20.1 Å². The van der Waals surface area contributed by atoms with Crippen LogP contribution in [0.1, 0.15) is 33.4 Å². The van der Waals surface area contributed by atoms with E-state index < -0.39 is 0 Å². The van der Waals surface area contributed by atoms with E-state index in [1.807, 2.05) is 18.2 Å². The van der Waals surface area contributed by atoms with Crippen molar-refractivity contribution in [1.82, 2.24) is 4.98 Å². The maximum absolute atomic E-state index is 4.63. The van der Waals surface area contributed by atoms with Gasteiger partial charge in [0.2, 0.25) is 0 Å². The van der Waals surface area contributed by atoms with Gasteiger partial charge in [-0.15, -0.1) is 0 Å². The van der Waals surface area contributed by atoms with Crippen LogP contribution in [0.15, 0.2) is 29.4 Å². The Morgan fingerprint density at radius 2 is 1.81 bits per heavy atom. The fraction of sp³-hybridized carbons (Fsp3) is 0.500. The largest absolute Gasteiger partial charge is 0.457 e. The van der Waals surface area contributed by atoms with Gasteiger partial charge in [-0.3, -0.25) is 4.98 Å². The minimum atomic E-state index is -0.153. The molecule has 0 spiro atoms. The Morgan fingerprint density at radius 1 is 1.12 bits per heavy atom. The van der Waals surface area contributed by atoms with Crippen molar-refractivity contribution in [2.24, 2.45) is 4.99 Å². The zero-order valence-electron chi connectivity index (χ0n) is 9.98. The molecule has 0 aliphatic carbocycles. The number of pyridine rings is 1. The summed E-state index contributed by atoms with van der Waals surface area (Å²) in [5.74, 6) is 0.769. The number of nitrogens with zero attached hydrogens (tertiary/aromatic N) is 3. The van der Waals surface area contributed by atoms with Gasteiger partial charge >= 0.3 is 0 Å². The molecule has 1 aliphatic heterocycles. The zero-order valence-corrected chi connectivity index (χ0v) is 12.4. The fourth-order valence-electron chi connectivity index (χ4n) is 1.44. The van der Waals surface area contributed by atoms with Gasteiger partial charge in [-0.25, -0.2) is 0 Å². The van der Waals surface area contributed by atoms with Gasteiger partial charge in [-0.05, 0) is 29.0 Å². The molecular weight excluding hydrogens is 378 g/mol. The number of aromatic nitrogens is 1. The molecule has 1 aromatic heterocycles. The molecule has 3 nitrogen and oxygen atoms in total. The molecule has 0 bridgehead atoms. The third-order valence-electron chi connectivity index (χ3n) is 3.16. The topological polar surface area (TPSA) is 39.4 Å². The first-order chi connectivity index (χ1) is 6.92. The van der Waals surface area contributed by atoms with Crippen LogP contribution in [0, 0.1) is 0 Å². The number of hydrogen-bond donors (Lipinski definition) is 0. The minimum absolute atomic E-state index is 0. The van der Waals surface area contributed by atoms with Gasteiger partial charge in [0.05, 0.1) is 5.69 Å². The van der Waals surface area contributed by atoms with Gasteiger partial charge in [0, 0.05) is 26.3 Å². The molecule has 2 heterocycles. The average molecular weight is 394 g/mol. The first kappa shape index (κ1) is 13.3. The van der Waals surface area contributed by atoms with E-state index in [1.54, 1.807) is 6.20 Å². The summed E-state index contributed by atoms with van der Waals surface area (Å²) < 4.78 is 0. The molecule has 0 atom stereocenters. The number of amidine groups is 1. The van der Waals surface area contributed by atoms with Crippen LogP contribution in [0.5, 0.6) is 0 Å². The normalized spacial score (nSPS) is 20.6. The predicted octanol–water partition coefficient (Wildman–Crippen LogP) is 2.77. The third kappa shape index (κ3) is 2.18. The van der Waals surface area contributed by atoms with Crippen molar-refractivity contribution in [3.05, 3.63) is 35.4 Å². The molecule has 0 N–H and O–H groups in total. The van der Waals surface area contributed by atoms with Crippen LogP contribution in [-0.4, -0.2) is 21.9 Å². The molecule has 0 amide bonds. The van der Waals surface area contributed by atoms with E-state index in [-0.39, 0.29) is 31.2 Å². The molecule has 0 fully saturated rings. The van der Waals surface area contributed by atoms with Crippen LogP contribution >= 0.6 is 0 Å². The van der Waals surface area contributed by atoms with Crippen LogP contribution in [-0.2, 0) is 20.1 Å². The molecule has 1 aromatic rings. The third-order valence-corrected chi connectivity index (χ3v) is 3.16.